The first-order valence-electron chi connectivity index (χ1n) is 5.48. The molecule has 0 saturated carbocycles. The van der Waals surface area contributed by atoms with Crippen molar-refractivity contribution in [2.45, 2.75) is 0 Å². The molecule has 3 nitrogen and oxygen atoms in total. The van der Waals surface area contributed by atoms with Crippen LogP contribution in [0.2, 0.25) is 0 Å². The number of hydrogen-bond donors (Lipinski definition) is 1. The second kappa shape index (κ2) is 5.80. The van der Waals surface area contributed by atoms with Gasteiger partial charge in [-0.2, -0.15) is 5.26 Å². The number of benzene rings is 2. The van der Waals surface area contributed by atoms with Crippen molar-refractivity contribution < 1.29 is 13.6 Å². The number of nitrogens with zero attached hydrogens (tertiary/aromatic N) is 1. The van der Waals surface area contributed by atoms with Crippen molar-refractivity contribution in [1.29, 1.82) is 5.26 Å². The third kappa shape index (κ3) is 2.83. The van der Waals surface area contributed by atoms with Gasteiger partial charge in [-0.05, 0) is 24.3 Å². The lowest BCUT2D eigenvalue weighted by atomic mass is 10.1. The summed E-state index contributed by atoms with van der Waals surface area (Å²) in [5.41, 5.74) is -0.290. The maximum atomic E-state index is 13.7. The van der Waals surface area contributed by atoms with Crippen molar-refractivity contribution in [2.24, 2.45) is 0 Å². The highest BCUT2D eigenvalue weighted by atomic mass is 79.9. The first kappa shape index (κ1) is 14.2. The predicted molar refractivity (Wildman–Crippen MR) is 73.2 cm³/mol. The molecule has 1 N–H and O–H groups in total. The minimum absolute atomic E-state index is 0.196. The fraction of sp³-hybridized carbons (Fsp3) is 0. The zero-order chi connectivity index (χ0) is 14.7. The smallest absolute Gasteiger partial charge is 0.261 e. The van der Waals surface area contributed by atoms with Gasteiger partial charge in [-0.25, -0.2) is 8.78 Å². The number of hydrogen-bond acceptors (Lipinski definition) is 2. The van der Waals surface area contributed by atoms with Crippen LogP contribution in [0.3, 0.4) is 0 Å². The highest BCUT2D eigenvalue weighted by Crippen LogP contribution is 2.21. The SMILES string of the molecule is N#Cc1ccccc1NC(=O)c1c(F)cc(Br)cc1F. The van der Waals surface area contributed by atoms with Gasteiger partial charge in [-0.15, -0.1) is 0 Å². The maximum absolute atomic E-state index is 13.7. The topological polar surface area (TPSA) is 52.9 Å². The van der Waals surface area contributed by atoms with E-state index in [0.29, 0.717) is 0 Å². The highest BCUT2D eigenvalue weighted by molar-refractivity contribution is 9.10. The Balaban J connectivity index is 2.37. The molecule has 0 aliphatic carbocycles. The Morgan fingerprint density at radius 2 is 1.80 bits per heavy atom. The largest absolute Gasteiger partial charge is 0.321 e. The van der Waals surface area contributed by atoms with Gasteiger partial charge >= 0.3 is 0 Å². The third-order valence-corrected chi connectivity index (χ3v) is 2.99. The monoisotopic (exact) mass is 336 g/mol. The summed E-state index contributed by atoms with van der Waals surface area (Å²) in [5.74, 6) is -2.91. The Morgan fingerprint density at radius 3 is 2.40 bits per heavy atom. The number of carbonyl (C=O) groups excluding carboxylic acids is 1. The number of amides is 1. The molecular weight excluding hydrogens is 330 g/mol. The number of carbonyl (C=O) groups is 1. The summed E-state index contributed by atoms with van der Waals surface area (Å²) < 4.78 is 27.5. The Bertz CT molecular complexity index is 702. The molecule has 2 aromatic rings. The van der Waals surface area contributed by atoms with Crippen LogP contribution >= 0.6 is 15.9 Å². The zero-order valence-corrected chi connectivity index (χ0v) is 11.5. The number of nitrogens with one attached hydrogen (secondary N) is 1. The van der Waals surface area contributed by atoms with Gasteiger partial charge in [0.1, 0.15) is 23.3 Å². The van der Waals surface area contributed by atoms with E-state index in [1.807, 2.05) is 6.07 Å². The van der Waals surface area contributed by atoms with Crippen LogP contribution in [0.25, 0.3) is 0 Å². The van der Waals surface area contributed by atoms with Gasteiger partial charge < -0.3 is 5.32 Å². The van der Waals surface area contributed by atoms with Gasteiger partial charge in [0, 0.05) is 4.47 Å². The zero-order valence-electron chi connectivity index (χ0n) is 9.95. The van der Waals surface area contributed by atoms with Gasteiger partial charge in [0.15, 0.2) is 0 Å². The predicted octanol–water partition coefficient (Wildman–Crippen LogP) is 3.85. The molecule has 1 amide bonds. The molecule has 0 fully saturated rings. The molecule has 0 aliphatic rings. The maximum Gasteiger partial charge on any atom is 0.261 e. The quantitative estimate of drug-likeness (QED) is 0.905. The molecule has 0 bridgehead atoms. The van der Waals surface area contributed by atoms with Crippen LogP contribution in [-0.2, 0) is 0 Å². The Labute approximate surface area is 122 Å². The molecule has 0 atom stereocenters. The summed E-state index contributed by atoms with van der Waals surface area (Å²) in [7, 11) is 0. The van der Waals surface area contributed by atoms with Crippen LogP contribution < -0.4 is 5.32 Å². The molecule has 6 heteroatoms. The van der Waals surface area contributed by atoms with E-state index in [1.165, 1.54) is 12.1 Å². The Kier molecular flexibility index (Phi) is 4.11. The van der Waals surface area contributed by atoms with Crippen LogP contribution in [0.1, 0.15) is 15.9 Å². The van der Waals surface area contributed by atoms with Crippen molar-refractivity contribution in [3.05, 3.63) is 63.6 Å². The minimum atomic E-state index is -0.983. The van der Waals surface area contributed by atoms with E-state index >= 15 is 0 Å². The number of anilines is 1. The second-order valence-corrected chi connectivity index (χ2v) is 4.77. The standard InChI is InChI=1S/C14H7BrF2N2O/c15-9-5-10(16)13(11(17)6-9)14(20)19-12-4-2-1-3-8(12)7-18/h1-6H,(H,19,20). The summed E-state index contributed by atoms with van der Waals surface area (Å²) in [6.45, 7) is 0. The van der Waals surface area contributed by atoms with E-state index in [-0.39, 0.29) is 15.7 Å². The molecule has 0 unspecified atom stereocenters. The second-order valence-electron chi connectivity index (χ2n) is 3.86. The fourth-order valence-corrected chi connectivity index (χ4v) is 2.04. The van der Waals surface area contributed by atoms with E-state index in [1.54, 1.807) is 12.1 Å². The first-order chi connectivity index (χ1) is 9.52. The average Bonchev–Trinajstić information content (AvgIpc) is 2.38. The average molecular weight is 337 g/mol. The van der Waals surface area contributed by atoms with E-state index in [0.717, 1.165) is 12.1 Å². The van der Waals surface area contributed by atoms with Crippen molar-refractivity contribution in [3.8, 4) is 6.07 Å². The summed E-state index contributed by atoms with van der Waals surface area (Å²) in [6.07, 6.45) is 0. The number of para-hydroxylation sites is 1. The molecular formula is C14H7BrF2N2O. The summed E-state index contributed by atoms with van der Waals surface area (Å²) in [6, 6.07) is 10.1. The van der Waals surface area contributed by atoms with Crippen molar-refractivity contribution in [2.75, 3.05) is 5.32 Å². The first-order valence-corrected chi connectivity index (χ1v) is 6.27. The van der Waals surface area contributed by atoms with Gasteiger partial charge in [0.05, 0.1) is 11.3 Å². The summed E-state index contributed by atoms with van der Waals surface area (Å²) >= 11 is 2.93. The molecule has 100 valence electrons. The van der Waals surface area contributed by atoms with Gasteiger partial charge in [0.2, 0.25) is 0 Å². The van der Waals surface area contributed by atoms with Crippen LogP contribution in [-0.4, -0.2) is 5.91 Å². The van der Waals surface area contributed by atoms with E-state index in [4.69, 9.17) is 5.26 Å². The summed E-state index contributed by atoms with van der Waals surface area (Å²) in [5, 5.41) is 11.2. The van der Waals surface area contributed by atoms with E-state index in [2.05, 4.69) is 21.2 Å². The summed E-state index contributed by atoms with van der Waals surface area (Å²) in [4.78, 5) is 11.9. The van der Waals surface area contributed by atoms with E-state index < -0.39 is 23.1 Å². The normalized spacial score (nSPS) is 9.90. The molecule has 0 aromatic heterocycles. The van der Waals surface area contributed by atoms with Crippen LogP contribution in [0.15, 0.2) is 40.9 Å². The fourth-order valence-electron chi connectivity index (χ4n) is 1.63. The lowest BCUT2D eigenvalue weighted by Gasteiger charge is -2.08. The minimum Gasteiger partial charge on any atom is -0.321 e. The molecule has 2 rings (SSSR count). The van der Waals surface area contributed by atoms with Crippen LogP contribution in [0.5, 0.6) is 0 Å². The number of halogens is 3. The van der Waals surface area contributed by atoms with E-state index in [9.17, 15) is 13.6 Å². The Morgan fingerprint density at radius 1 is 1.20 bits per heavy atom. The molecule has 0 aliphatic heterocycles. The number of rotatable bonds is 2. The highest BCUT2D eigenvalue weighted by Gasteiger charge is 2.19. The van der Waals surface area contributed by atoms with Crippen molar-refractivity contribution in [1.82, 2.24) is 0 Å². The molecule has 0 saturated heterocycles. The third-order valence-electron chi connectivity index (χ3n) is 2.53. The molecule has 0 spiro atoms. The lowest BCUT2D eigenvalue weighted by Crippen LogP contribution is -2.16. The molecule has 0 radical (unpaired) electrons. The van der Waals surface area contributed by atoms with Crippen molar-refractivity contribution in [3.63, 3.8) is 0 Å². The molecule has 0 heterocycles. The van der Waals surface area contributed by atoms with Crippen molar-refractivity contribution >= 4 is 27.5 Å². The van der Waals surface area contributed by atoms with Gasteiger partial charge in [0.25, 0.3) is 5.91 Å². The Hall–Kier alpha value is -2.26. The van der Waals surface area contributed by atoms with Crippen LogP contribution in [0, 0.1) is 23.0 Å². The van der Waals surface area contributed by atoms with Gasteiger partial charge in [-0.1, -0.05) is 28.1 Å². The molecule has 2 aromatic carbocycles. The van der Waals surface area contributed by atoms with Crippen LogP contribution in [0.4, 0.5) is 14.5 Å². The van der Waals surface area contributed by atoms with Gasteiger partial charge in [-0.3, -0.25) is 4.79 Å². The molecule has 20 heavy (non-hydrogen) atoms. The lowest BCUT2D eigenvalue weighted by molar-refractivity contribution is 0.101. The number of nitriles is 1.